The second-order valence-corrected chi connectivity index (χ2v) is 8.04. The van der Waals surface area contributed by atoms with Crippen LogP contribution in [0.25, 0.3) is 0 Å². The molecule has 1 aromatic carbocycles. The van der Waals surface area contributed by atoms with E-state index in [1.54, 1.807) is 0 Å². The van der Waals surface area contributed by atoms with E-state index >= 15 is 0 Å². The number of aromatic amines is 1. The van der Waals surface area contributed by atoms with Crippen molar-refractivity contribution >= 4 is 40.8 Å². The van der Waals surface area contributed by atoms with Crippen LogP contribution >= 0.6 is 23.2 Å². The van der Waals surface area contributed by atoms with Gasteiger partial charge in [-0.25, -0.2) is 9.89 Å². The Kier molecular flexibility index (Phi) is 5.44. The summed E-state index contributed by atoms with van der Waals surface area (Å²) in [5.74, 6) is -0.0394. The van der Waals surface area contributed by atoms with Crippen LogP contribution in [0.1, 0.15) is 26.3 Å². The molecule has 0 radical (unpaired) electrons. The smallest absolute Gasteiger partial charge is 0.345 e. The molecule has 2 heterocycles. The van der Waals surface area contributed by atoms with Gasteiger partial charge in [0.2, 0.25) is 5.88 Å². The first-order valence-electron chi connectivity index (χ1n) is 8.37. The Hall–Kier alpha value is -2.82. The Morgan fingerprint density at radius 3 is 2.41 bits per heavy atom. The van der Waals surface area contributed by atoms with Crippen molar-refractivity contribution in [1.82, 2.24) is 15.5 Å². The predicted octanol–water partition coefficient (Wildman–Crippen LogP) is 2.29. The number of hydrogen-bond acceptors (Lipinski definition) is 7. The standard InChI is InChI=1S/C17H18Cl2N6O4/c1-17(2,3)8-6-11(22-23-14(8)26)29-12-9(18)4-7(5-10(12)19)25-16(28)21-15(27)13(20)24-25/h4-6,15,27H,1-3H3,(H2,20,24)(H,21,28)(H,23,26). The number of amides is 2. The summed E-state index contributed by atoms with van der Waals surface area (Å²) in [6.07, 6.45) is -1.38. The number of nitrogens with one attached hydrogen (secondary N) is 2. The fraction of sp³-hybridized carbons (Fsp3) is 0.294. The molecule has 0 bridgehead atoms. The number of ether oxygens (including phenoxy) is 1. The second kappa shape index (κ2) is 7.54. The Labute approximate surface area is 175 Å². The number of carbonyl (C=O) groups excluding carboxylic acids is 1. The Morgan fingerprint density at radius 2 is 1.83 bits per heavy atom. The highest BCUT2D eigenvalue weighted by Crippen LogP contribution is 2.40. The minimum Gasteiger partial charge on any atom is -0.434 e. The van der Waals surface area contributed by atoms with Gasteiger partial charge in [-0.2, -0.15) is 5.01 Å². The molecule has 10 nitrogen and oxygen atoms in total. The topological polar surface area (TPSA) is 146 Å². The van der Waals surface area contributed by atoms with E-state index < -0.39 is 17.7 Å². The first-order valence-corrected chi connectivity index (χ1v) is 9.12. The van der Waals surface area contributed by atoms with Crippen molar-refractivity contribution in [3.05, 3.63) is 44.2 Å². The summed E-state index contributed by atoms with van der Waals surface area (Å²) < 4.78 is 5.67. The first-order chi connectivity index (χ1) is 13.5. The van der Waals surface area contributed by atoms with E-state index in [-0.39, 0.29) is 38.8 Å². The maximum Gasteiger partial charge on any atom is 0.345 e. The molecule has 3 rings (SSSR count). The van der Waals surface area contributed by atoms with E-state index in [1.807, 2.05) is 20.8 Å². The average Bonchev–Trinajstić information content (AvgIpc) is 2.61. The fourth-order valence-electron chi connectivity index (χ4n) is 2.51. The molecule has 2 amide bonds. The molecule has 1 unspecified atom stereocenters. The number of nitrogens with two attached hydrogens (primary N) is 1. The summed E-state index contributed by atoms with van der Waals surface area (Å²) in [5, 5.41) is 22.8. The number of nitrogens with zero attached hydrogens (tertiary/aromatic N) is 3. The maximum atomic E-state index is 12.0. The van der Waals surface area contributed by atoms with Crippen molar-refractivity contribution < 1.29 is 14.6 Å². The molecule has 0 fully saturated rings. The van der Waals surface area contributed by atoms with Crippen LogP contribution < -0.4 is 26.4 Å². The van der Waals surface area contributed by atoms with Gasteiger partial charge >= 0.3 is 6.03 Å². The number of benzene rings is 1. The molecule has 0 saturated heterocycles. The van der Waals surface area contributed by atoms with Crippen LogP contribution in [-0.2, 0) is 5.41 Å². The molecule has 1 atom stereocenters. The normalized spacial score (nSPS) is 17.0. The largest absolute Gasteiger partial charge is 0.434 e. The van der Waals surface area contributed by atoms with E-state index in [1.165, 1.54) is 18.2 Å². The van der Waals surface area contributed by atoms with Gasteiger partial charge in [0.25, 0.3) is 5.56 Å². The van der Waals surface area contributed by atoms with Crippen LogP contribution in [0.15, 0.2) is 28.1 Å². The van der Waals surface area contributed by atoms with E-state index in [4.69, 9.17) is 33.7 Å². The summed E-state index contributed by atoms with van der Waals surface area (Å²) >= 11 is 12.6. The van der Waals surface area contributed by atoms with Gasteiger partial charge in [0.15, 0.2) is 17.8 Å². The number of halogens is 2. The highest BCUT2D eigenvalue weighted by Gasteiger charge is 2.28. The quantitative estimate of drug-likeness (QED) is 0.575. The predicted molar refractivity (Wildman–Crippen MR) is 109 cm³/mol. The summed E-state index contributed by atoms with van der Waals surface area (Å²) in [4.78, 5) is 24.0. The molecule has 12 heteroatoms. The van der Waals surface area contributed by atoms with Crippen LogP contribution in [0.3, 0.4) is 0 Å². The zero-order valence-electron chi connectivity index (χ0n) is 15.7. The van der Waals surface area contributed by atoms with Gasteiger partial charge < -0.3 is 20.9 Å². The van der Waals surface area contributed by atoms with E-state index in [0.717, 1.165) is 5.01 Å². The number of urea groups is 1. The Bertz CT molecular complexity index is 1040. The molecule has 0 spiro atoms. The lowest BCUT2D eigenvalue weighted by Crippen LogP contribution is -2.54. The monoisotopic (exact) mass is 440 g/mol. The number of aromatic nitrogens is 2. The van der Waals surface area contributed by atoms with Crippen LogP contribution in [0.2, 0.25) is 10.0 Å². The number of rotatable bonds is 3. The Morgan fingerprint density at radius 1 is 1.21 bits per heavy atom. The molecule has 0 saturated carbocycles. The van der Waals surface area contributed by atoms with E-state index in [0.29, 0.717) is 5.56 Å². The van der Waals surface area contributed by atoms with Crippen molar-refractivity contribution in [2.45, 2.75) is 32.4 Å². The van der Waals surface area contributed by atoms with Crippen molar-refractivity contribution in [3.8, 4) is 11.6 Å². The Balaban J connectivity index is 1.96. The molecule has 154 valence electrons. The first kappa shape index (κ1) is 20.9. The minimum atomic E-state index is -1.38. The third-order valence-electron chi connectivity index (χ3n) is 3.97. The van der Waals surface area contributed by atoms with Gasteiger partial charge in [0.05, 0.1) is 15.7 Å². The third kappa shape index (κ3) is 4.29. The lowest BCUT2D eigenvalue weighted by Gasteiger charge is -2.26. The maximum absolute atomic E-state index is 12.0. The molecule has 0 aliphatic carbocycles. The SMILES string of the molecule is CC(C)(C)c1cc(Oc2c(Cl)cc(N3N=C(N)C(O)NC3=O)cc2Cl)n[nH]c1=O. The molecule has 1 aliphatic rings. The number of anilines is 1. The molecular weight excluding hydrogens is 423 g/mol. The molecule has 5 N–H and O–H groups in total. The van der Waals surface area contributed by atoms with Gasteiger partial charge in [-0.1, -0.05) is 44.0 Å². The lowest BCUT2D eigenvalue weighted by molar-refractivity contribution is 0.188. The van der Waals surface area contributed by atoms with Crippen molar-refractivity contribution in [2.75, 3.05) is 5.01 Å². The van der Waals surface area contributed by atoms with Crippen molar-refractivity contribution in [3.63, 3.8) is 0 Å². The molecular formula is C17H18Cl2N6O4. The van der Waals surface area contributed by atoms with Gasteiger partial charge in [-0.05, 0) is 17.5 Å². The lowest BCUT2D eigenvalue weighted by atomic mass is 9.88. The summed E-state index contributed by atoms with van der Waals surface area (Å²) in [5.41, 5.74) is 5.46. The van der Waals surface area contributed by atoms with Crippen molar-refractivity contribution in [2.24, 2.45) is 10.8 Å². The molecule has 1 aromatic heterocycles. The zero-order valence-corrected chi connectivity index (χ0v) is 17.2. The number of aliphatic hydroxyl groups excluding tert-OH is 1. The number of H-pyrrole nitrogens is 1. The van der Waals surface area contributed by atoms with E-state index in [9.17, 15) is 14.7 Å². The average molecular weight is 441 g/mol. The highest BCUT2D eigenvalue weighted by atomic mass is 35.5. The molecule has 29 heavy (non-hydrogen) atoms. The zero-order chi connectivity index (χ0) is 21.5. The fourth-order valence-corrected chi connectivity index (χ4v) is 3.06. The van der Waals surface area contributed by atoms with Gasteiger partial charge in [-0.15, -0.1) is 10.2 Å². The molecule has 1 aliphatic heterocycles. The van der Waals surface area contributed by atoms with Crippen LogP contribution in [0, 0.1) is 0 Å². The van der Waals surface area contributed by atoms with Crippen LogP contribution in [0.5, 0.6) is 11.6 Å². The van der Waals surface area contributed by atoms with Crippen molar-refractivity contribution in [1.29, 1.82) is 0 Å². The van der Waals surface area contributed by atoms with Crippen LogP contribution in [-0.4, -0.2) is 33.4 Å². The second-order valence-electron chi connectivity index (χ2n) is 7.23. The highest BCUT2D eigenvalue weighted by molar-refractivity contribution is 6.37. The molecule has 2 aromatic rings. The van der Waals surface area contributed by atoms with Gasteiger partial charge in [0.1, 0.15) is 0 Å². The number of hydrogen-bond donors (Lipinski definition) is 4. The summed E-state index contributed by atoms with van der Waals surface area (Å²) in [6, 6.07) is 3.55. The summed E-state index contributed by atoms with van der Waals surface area (Å²) in [6.45, 7) is 5.63. The number of hydrazone groups is 1. The number of carbonyl (C=O) groups is 1. The third-order valence-corrected chi connectivity index (χ3v) is 4.53. The number of aliphatic hydroxyl groups is 1. The van der Waals surface area contributed by atoms with E-state index in [2.05, 4.69) is 20.6 Å². The minimum absolute atomic E-state index is 0.0607. The van der Waals surface area contributed by atoms with Gasteiger partial charge in [0, 0.05) is 11.6 Å². The summed E-state index contributed by atoms with van der Waals surface area (Å²) in [7, 11) is 0. The van der Waals surface area contributed by atoms with Gasteiger partial charge in [-0.3, -0.25) is 4.79 Å². The number of amidine groups is 1. The van der Waals surface area contributed by atoms with Crippen LogP contribution in [0.4, 0.5) is 10.5 Å².